The SMILES string of the molecule is COc1cc(OC)c(C(=O)OCCOC(=O)c2ccccc2)cc1OC. The van der Waals surface area contributed by atoms with Crippen molar-refractivity contribution in [2.24, 2.45) is 0 Å². The molecule has 0 aliphatic carbocycles. The van der Waals surface area contributed by atoms with Crippen LogP contribution in [0.1, 0.15) is 20.7 Å². The van der Waals surface area contributed by atoms with Gasteiger partial charge in [0.05, 0.1) is 26.9 Å². The Morgan fingerprint density at radius 1 is 0.731 bits per heavy atom. The lowest BCUT2D eigenvalue weighted by Crippen LogP contribution is -2.15. The summed E-state index contributed by atoms with van der Waals surface area (Å²) >= 11 is 0. The number of carbonyl (C=O) groups excluding carboxylic acids is 2. The lowest BCUT2D eigenvalue weighted by molar-refractivity contribution is 0.0263. The molecule has 2 rings (SSSR count). The van der Waals surface area contributed by atoms with E-state index in [9.17, 15) is 9.59 Å². The molecule has 0 bridgehead atoms. The van der Waals surface area contributed by atoms with Crippen LogP contribution in [-0.2, 0) is 9.47 Å². The molecule has 2 aromatic rings. The molecule has 0 N–H and O–H groups in total. The van der Waals surface area contributed by atoms with Gasteiger partial charge in [-0.05, 0) is 12.1 Å². The van der Waals surface area contributed by atoms with Gasteiger partial charge in [-0.3, -0.25) is 0 Å². The molecule has 7 nitrogen and oxygen atoms in total. The van der Waals surface area contributed by atoms with E-state index in [1.54, 1.807) is 30.3 Å². The number of esters is 2. The molecule has 0 saturated heterocycles. The maximum absolute atomic E-state index is 12.3. The van der Waals surface area contributed by atoms with Crippen LogP contribution >= 0.6 is 0 Å². The van der Waals surface area contributed by atoms with Crippen LogP contribution in [-0.4, -0.2) is 46.5 Å². The van der Waals surface area contributed by atoms with E-state index in [1.165, 1.54) is 33.5 Å². The average Bonchev–Trinajstić information content (AvgIpc) is 2.70. The molecule has 2 aromatic carbocycles. The van der Waals surface area contributed by atoms with E-state index in [0.717, 1.165) is 0 Å². The van der Waals surface area contributed by atoms with Gasteiger partial charge < -0.3 is 23.7 Å². The molecule has 138 valence electrons. The number of hydrogen-bond acceptors (Lipinski definition) is 7. The molecule has 0 amide bonds. The average molecular weight is 360 g/mol. The van der Waals surface area contributed by atoms with E-state index >= 15 is 0 Å². The Morgan fingerprint density at radius 3 is 1.85 bits per heavy atom. The summed E-state index contributed by atoms with van der Waals surface area (Å²) in [5, 5.41) is 0. The van der Waals surface area contributed by atoms with E-state index in [1.807, 2.05) is 0 Å². The monoisotopic (exact) mass is 360 g/mol. The predicted molar refractivity (Wildman–Crippen MR) is 93.1 cm³/mol. The molecule has 0 fully saturated rings. The minimum absolute atomic E-state index is 0.0604. The standard InChI is InChI=1S/C19H20O7/c1-22-15-12-17(24-3)16(23-2)11-14(15)19(21)26-10-9-25-18(20)13-7-5-4-6-8-13/h4-8,11-12H,9-10H2,1-3H3. The van der Waals surface area contributed by atoms with E-state index in [2.05, 4.69) is 0 Å². The Hall–Kier alpha value is -3.22. The van der Waals surface area contributed by atoms with Gasteiger partial charge in [0.15, 0.2) is 11.5 Å². The van der Waals surface area contributed by atoms with Crippen molar-refractivity contribution in [3.8, 4) is 17.2 Å². The zero-order chi connectivity index (χ0) is 18.9. The molecule has 0 heterocycles. The van der Waals surface area contributed by atoms with Gasteiger partial charge >= 0.3 is 11.9 Å². The highest BCUT2D eigenvalue weighted by Crippen LogP contribution is 2.34. The Kier molecular flexibility index (Phi) is 6.84. The molecule has 0 unspecified atom stereocenters. The lowest BCUT2D eigenvalue weighted by Gasteiger charge is -2.13. The molecule has 0 atom stereocenters. The number of carbonyl (C=O) groups is 2. The maximum Gasteiger partial charge on any atom is 0.342 e. The van der Waals surface area contributed by atoms with Gasteiger partial charge in [0, 0.05) is 12.1 Å². The smallest absolute Gasteiger partial charge is 0.342 e. The van der Waals surface area contributed by atoms with E-state index in [4.69, 9.17) is 23.7 Å². The van der Waals surface area contributed by atoms with Crippen LogP contribution in [0.25, 0.3) is 0 Å². The van der Waals surface area contributed by atoms with Crippen LogP contribution in [0.5, 0.6) is 17.2 Å². The summed E-state index contributed by atoms with van der Waals surface area (Å²) < 4.78 is 25.7. The summed E-state index contributed by atoms with van der Waals surface area (Å²) in [6.07, 6.45) is 0. The molecule has 0 aliphatic rings. The second-order valence-corrected chi connectivity index (χ2v) is 5.05. The van der Waals surface area contributed by atoms with Gasteiger partial charge in [0.1, 0.15) is 24.5 Å². The fraction of sp³-hybridized carbons (Fsp3) is 0.263. The summed E-state index contributed by atoms with van der Waals surface area (Å²) in [7, 11) is 4.37. The van der Waals surface area contributed by atoms with Gasteiger partial charge in [-0.15, -0.1) is 0 Å². The topological polar surface area (TPSA) is 80.3 Å². The fourth-order valence-corrected chi connectivity index (χ4v) is 2.19. The van der Waals surface area contributed by atoms with Crippen LogP contribution in [0.2, 0.25) is 0 Å². The predicted octanol–water partition coefficient (Wildman–Crippen LogP) is 2.73. The number of ether oxygens (including phenoxy) is 5. The third-order valence-corrected chi connectivity index (χ3v) is 3.48. The Bertz CT molecular complexity index is 756. The highest BCUT2D eigenvalue weighted by Gasteiger charge is 2.19. The number of methoxy groups -OCH3 is 3. The van der Waals surface area contributed by atoms with Crippen molar-refractivity contribution < 1.29 is 33.3 Å². The normalized spacial score (nSPS) is 9.96. The van der Waals surface area contributed by atoms with Gasteiger partial charge in [0.25, 0.3) is 0 Å². The molecule has 26 heavy (non-hydrogen) atoms. The summed E-state index contributed by atoms with van der Waals surface area (Å²) in [6.45, 7) is -0.149. The Morgan fingerprint density at radius 2 is 1.27 bits per heavy atom. The summed E-state index contributed by atoms with van der Waals surface area (Å²) in [6, 6.07) is 11.6. The molecule has 0 aromatic heterocycles. The van der Waals surface area contributed by atoms with Gasteiger partial charge in [-0.2, -0.15) is 0 Å². The molecule has 0 spiro atoms. The summed E-state index contributed by atoms with van der Waals surface area (Å²) in [4.78, 5) is 24.1. The molecule has 0 saturated carbocycles. The van der Waals surface area contributed by atoms with Crippen LogP contribution in [0.3, 0.4) is 0 Å². The van der Waals surface area contributed by atoms with E-state index in [0.29, 0.717) is 17.1 Å². The van der Waals surface area contributed by atoms with Crippen LogP contribution < -0.4 is 14.2 Å². The molecule has 0 radical (unpaired) electrons. The largest absolute Gasteiger partial charge is 0.496 e. The second kappa shape index (κ2) is 9.31. The highest BCUT2D eigenvalue weighted by atomic mass is 16.6. The van der Waals surface area contributed by atoms with Crippen LogP contribution in [0.15, 0.2) is 42.5 Å². The van der Waals surface area contributed by atoms with Crippen molar-refractivity contribution in [1.82, 2.24) is 0 Å². The zero-order valence-electron chi connectivity index (χ0n) is 14.8. The first-order valence-corrected chi connectivity index (χ1v) is 7.80. The summed E-state index contributed by atoms with van der Waals surface area (Å²) in [5.74, 6) is -0.0220. The second-order valence-electron chi connectivity index (χ2n) is 5.05. The van der Waals surface area contributed by atoms with Crippen molar-refractivity contribution in [3.63, 3.8) is 0 Å². The Balaban J connectivity index is 1.94. The molecule has 7 heteroatoms. The Labute approximate surface area is 151 Å². The van der Waals surface area contributed by atoms with Gasteiger partial charge in [-0.25, -0.2) is 9.59 Å². The van der Waals surface area contributed by atoms with E-state index in [-0.39, 0.29) is 24.5 Å². The van der Waals surface area contributed by atoms with E-state index < -0.39 is 11.9 Å². The third-order valence-electron chi connectivity index (χ3n) is 3.48. The third kappa shape index (κ3) is 4.66. The number of benzene rings is 2. The van der Waals surface area contributed by atoms with Crippen molar-refractivity contribution in [2.75, 3.05) is 34.5 Å². The quantitative estimate of drug-likeness (QED) is 0.529. The number of hydrogen-bond donors (Lipinski definition) is 0. The van der Waals surface area contributed by atoms with Crippen LogP contribution in [0, 0.1) is 0 Å². The van der Waals surface area contributed by atoms with Crippen molar-refractivity contribution in [1.29, 1.82) is 0 Å². The lowest BCUT2D eigenvalue weighted by atomic mass is 10.1. The zero-order valence-corrected chi connectivity index (χ0v) is 14.8. The minimum Gasteiger partial charge on any atom is -0.496 e. The minimum atomic E-state index is -0.626. The first-order valence-electron chi connectivity index (χ1n) is 7.80. The summed E-state index contributed by atoms with van der Waals surface area (Å²) in [5.41, 5.74) is 0.611. The number of rotatable bonds is 8. The van der Waals surface area contributed by atoms with Gasteiger partial charge in [-0.1, -0.05) is 18.2 Å². The van der Waals surface area contributed by atoms with Crippen molar-refractivity contribution in [3.05, 3.63) is 53.6 Å². The van der Waals surface area contributed by atoms with Crippen LogP contribution in [0.4, 0.5) is 0 Å². The fourth-order valence-electron chi connectivity index (χ4n) is 2.19. The highest BCUT2D eigenvalue weighted by molar-refractivity contribution is 5.93. The molecular formula is C19H20O7. The van der Waals surface area contributed by atoms with Gasteiger partial charge in [0.2, 0.25) is 0 Å². The first kappa shape index (κ1) is 19.1. The first-order chi connectivity index (χ1) is 12.6. The van der Waals surface area contributed by atoms with Crippen molar-refractivity contribution in [2.45, 2.75) is 0 Å². The van der Waals surface area contributed by atoms with Crippen molar-refractivity contribution >= 4 is 11.9 Å². The molecule has 0 aliphatic heterocycles. The molecular weight excluding hydrogens is 340 g/mol. The maximum atomic E-state index is 12.3.